The van der Waals surface area contributed by atoms with Gasteiger partial charge in [0, 0.05) is 6.04 Å². The number of thioether (sulfide) groups is 1. The van der Waals surface area contributed by atoms with Crippen LogP contribution in [0.15, 0.2) is 17.0 Å². The highest BCUT2D eigenvalue weighted by atomic mass is 32.2. The quantitative estimate of drug-likeness (QED) is 0.791. The molecular formula is C13H21NO2S. The lowest BCUT2D eigenvalue weighted by atomic mass is 10.1. The zero-order valence-electron chi connectivity index (χ0n) is 11.2. The van der Waals surface area contributed by atoms with Gasteiger partial charge in [-0.25, -0.2) is 0 Å². The van der Waals surface area contributed by atoms with Crippen molar-refractivity contribution < 1.29 is 9.47 Å². The first-order chi connectivity index (χ1) is 8.15. The molecule has 0 spiro atoms. The summed E-state index contributed by atoms with van der Waals surface area (Å²) in [5, 5.41) is 3.23. The van der Waals surface area contributed by atoms with Crippen LogP contribution in [-0.4, -0.2) is 33.6 Å². The average molecular weight is 255 g/mol. The van der Waals surface area contributed by atoms with E-state index in [1.54, 1.807) is 26.0 Å². The van der Waals surface area contributed by atoms with Crippen molar-refractivity contribution in [2.24, 2.45) is 0 Å². The predicted octanol–water partition coefficient (Wildman–Crippen LogP) is 2.58. The minimum Gasteiger partial charge on any atom is -0.496 e. The molecule has 0 fully saturated rings. The summed E-state index contributed by atoms with van der Waals surface area (Å²) >= 11 is 1.66. The van der Waals surface area contributed by atoms with Crippen LogP contribution in [0.1, 0.15) is 12.5 Å². The second-order valence-electron chi connectivity index (χ2n) is 3.91. The van der Waals surface area contributed by atoms with Gasteiger partial charge in [-0.2, -0.15) is 0 Å². The second kappa shape index (κ2) is 6.77. The molecule has 1 rings (SSSR count). The Bertz CT molecular complexity index is 369. The third kappa shape index (κ3) is 3.54. The van der Waals surface area contributed by atoms with E-state index in [4.69, 9.17) is 9.47 Å². The standard InChI is InChI=1S/C13H21NO2S/c1-9(14-2)6-10-7-12(16-4)13(17-5)8-11(10)15-3/h7-9,14H,6H2,1-5H3. The van der Waals surface area contributed by atoms with E-state index < -0.39 is 0 Å². The second-order valence-corrected chi connectivity index (χ2v) is 4.76. The Labute approximate surface area is 108 Å². The van der Waals surface area contributed by atoms with Crippen molar-refractivity contribution >= 4 is 11.8 Å². The molecule has 1 atom stereocenters. The van der Waals surface area contributed by atoms with Crippen LogP contribution in [0.4, 0.5) is 0 Å². The summed E-state index contributed by atoms with van der Waals surface area (Å²) in [6.45, 7) is 2.15. The first-order valence-electron chi connectivity index (χ1n) is 5.62. The number of methoxy groups -OCH3 is 2. The molecule has 3 nitrogen and oxygen atoms in total. The lowest BCUT2D eigenvalue weighted by molar-refractivity contribution is 0.388. The molecule has 1 unspecified atom stereocenters. The number of likely N-dealkylation sites (N-methyl/N-ethyl adjacent to an activating group) is 1. The SMILES string of the molecule is CNC(C)Cc1cc(OC)c(SC)cc1OC. The molecule has 1 aromatic rings. The summed E-state index contributed by atoms with van der Waals surface area (Å²) < 4.78 is 10.8. The first-order valence-corrected chi connectivity index (χ1v) is 6.84. The molecule has 0 aliphatic carbocycles. The van der Waals surface area contributed by atoms with E-state index in [1.807, 2.05) is 19.4 Å². The van der Waals surface area contributed by atoms with E-state index in [1.165, 1.54) is 5.56 Å². The Balaban J connectivity index is 3.09. The van der Waals surface area contributed by atoms with Gasteiger partial charge < -0.3 is 14.8 Å². The summed E-state index contributed by atoms with van der Waals surface area (Å²) in [6.07, 6.45) is 2.96. The molecular weight excluding hydrogens is 234 g/mol. The van der Waals surface area contributed by atoms with Crippen molar-refractivity contribution in [3.63, 3.8) is 0 Å². The Morgan fingerprint density at radius 1 is 1.24 bits per heavy atom. The molecule has 0 aliphatic heterocycles. The molecule has 0 bridgehead atoms. The molecule has 0 amide bonds. The van der Waals surface area contributed by atoms with Crippen LogP contribution in [-0.2, 0) is 6.42 Å². The summed E-state index contributed by atoms with van der Waals surface area (Å²) in [4.78, 5) is 1.10. The lowest BCUT2D eigenvalue weighted by Crippen LogP contribution is -2.23. The van der Waals surface area contributed by atoms with E-state index in [9.17, 15) is 0 Å². The fraction of sp³-hybridized carbons (Fsp3) is 0.538. The van der Waals surface area contributed by atoms with E-state index in [0.717, 1.165) is 22.8 Å². The van der Waals surface area contributed by atoms with Gasteiger partial charge >= 0.3 is 0 Å². The Kier molecular flexibility index (Phi) is 5.65. The minimum absolute atomic E-state index is 0.411. The molecule has 1 N–H and O–H groups in total. The molecule has 17 heavy (non-hydrogen) atoms. The summed E-state index contributed by atoms with van der Waals surface area (Å²) in [5.74, 6) is 1.84. The summed E-state index contributed by atoms with van der Waals surface area (Å²) in [5.41, 5.74) is 1.17. The molecule has 96 valence electrons. The van der Waals surface area contributed by atoms with E-state index in [0.29, 0.717) is 6.04 Å². The van der Waals surface area contributed by atoms with Crippen LogP contribution in [0.2, 0.25) is 0 Å². The normalized spacial score (nSPS) is 12.3. The molecule has 1 aromatic carbocycles. The number of benzene rings is 1. The van der Waals surface area contributed by atoms with Gasteiger partial charge in [0.15, 0.2) is 0 Å². The highest BCUT2D eigenvalue weighted by molar-refractivity contribution is 7.98. The fourth-order valence-corrected chi connectivity index (χ4v) is 2.25. The van der Waals surface area contributed by atoms with Gasteiger partial charge in [0.25, 0.3) is 0 Å². The van der Waals surface area contributed by atoms with Crippen molar-refractivity contribution in [3.05, 3.63) is 17.7 Å². The number of nitrogens with one attached hydrogen (secondary N) is 1. The van der Waals surface area contributed by atoms with Crippen LogP contribution in [0.5, 0.6) is 11.5 Å². The molecule has 4 heteroatoms. The van der Waals surface area contributed by atoms with E-state index in [2.05, 4.69) is 18.3 Å². The van der Waals surface area contributed by atoms with Crippen LogP contribution >= 0.6 is 11.8 Å². The van der Waals surface area contributed by atoms with Crippen LogP contribution in [0, 0.1) is 0 Å². The van der Waals surface area contributed by atoms with Gasteiger partial charge in [-0.15, -0.1) is 11.8 Å². The van der Waals surface area contributed by atoms with Crippen LogP contribution in [0.25, 0.3) is 0 Å². The monoisotopic (exact) mass is 255 g/mol. The Hall–Kier alpha value is -0.870. The topological polar surface area (TPSA) is 30.5 Å². The molecule has 0 aliphatic rings. The smallest absolute Gasteiger partial charge is 0.132 e. The van der Waals surface area contributed by atoms with Gasteiger partial charge in [0.1, 0.15) is 11.5 Å². The average Bonchev–Trinajstić information content (AvgIpc) is 2.37. The maximum atomic E-state index is 5.44. The van der Waals surface area contributed by atoms with Crippen molar-refractivity contribution in [1.82, 2.24) is 5.32 Å². The van der Waals surface area contributed by atoms with Crippen molar-refractivity contribution in [2.75, 3.05) is 27.5 Å². The van der Waals surface area contributed by atoms with Gasteiger partial charge in [-0.1, -0.05) is 0 Å². The van der Waals surface area contributed by atoms with E-state index >= 15 is 0 Å². The maximum absolute atomic E-state index is 5.44. The maximum Gasteiger partial charge on any atom is 0.132 e. The van der Waals surface area contributed by atoms with Crippen LogP contribution < -0.4 is 14.8 Å². The Morgan fingerprint density at radius 3 is 2.35 bits per heavy atom. The van der Waals surface area contributed by atoms with E-state index in [-0.39, 0.29) is 0 Å². The predicted molar refractivity (Wildman–Crippen MR) is 73.6 cm³/mol. The molecule has 0 saturated heterocycles. The molecule has 0 aromatic heterocycles. The number of hydrogen-bond acceptors (Lipinski definition) is 4. The highest BCUT2D eigenvalue weighted by Gasteiger charge is 2.12. The largest absolute Gasteiger partial charge is 0.496 e. The zero-order valence-corrected chi connectivity index (χ0v) is 12.0. The number of ether oxygens (including phenoxy) is 2. The lowest BCUT2D eigenvalue weighted by Gasteiger charge is -2.16. The summed E-state index contributed by atoms with van der Waals surface area (Å²) in [6, 6.07) is 4.52. The Morgan fingerprint density at radius 2 is 1.88 bits per heavy atom. The fourth-order valence-electron chi connectivity index (χ4n) is 1.68. The van der Waals surface area contributed by atoms with Crippen molar-refractivity contribution in [1.29, 1.82) is 0 Å². The minimum atomic E-state index is 0.411. The number of hydrogen-bond donors (Lipinski definition) is 1. The molecule has 0 saturated carbocycles. The highest BCUT2D eigenvalue weighted by Crippen LogP contribution is 2.34. The van der Waals surface area contributed by atoms with Gasteiger partial charge in [-0.3, -0.25) is 0 Å². The third-order valence-electron chi connectivity index (χ3n) is 2.81. The zero-order chi connectivity index (χ0) is 12.8. The van der Waals surface area contributed by atoms with Crippen LogP contribution in [0.3, 0.4) is 0 Å². The van der Waals surface area contributed by atoms with Gasteiger partial charge in [0.2, 0.25) is 0 Å². The van der Waals surface area contributed by atoms with Crippen molar-refractivity contribution in [2.45, 2.75) is 24.3 Å². The third-order valence-corrected chi connectivity index (χ3v) is 3.56. The van der Waals surface area contributed by atoms with Gasteiger partial charge in [-0.05, 0) is 44.3 Å². The summed E-state index contributed by atoms with van der Waals surface area (Å²) in [7, 11) is 5.37. The molecule has 0 heterocycles. The van der Waals surface area contributed by atoms with Crippen molar-refractivity contribution in [3.8, 4) is 11.5 Å². The molecule has 0 radical (unpaired) electrons. The van der Waals surface area contributed by atoms with Gasteiger partial charge in [0.05, 0.1) is 19.1 Å². The first kappa shape index (κ1) is 14.2. The number of rotatable bonds is 6.